The number of aryl methyl sites for hydroxylation is 2. The molecule has 1 aromatic carbocycles. The second kappa shape index (κ2) is 6.62. The second-order valence-corrected chi connectivity index (χ2v) is 7.44. The molecule has 0 spiro atoms. The molecule has 8 heteroatoms. The van der Waals surface area contributed by atoms with Crippen LogP contribution >= 0.6 is 11.3 Å². The summed E-state index contributed by atoms with van der Waals surface area (Å²) in [5, 5.41) is 2.58. The first-order valence-electron chi connectivity index (χ1n) is 8.61. The summed E-state index contributed by atoms with van der Waals surface area (Å²) in [5.74, 6) is -0.292. The van der Waals surface area contributed by atoms with Gasteiger partial charge in [-0.1, -0.05) is 6.92 Å². The van der Waals surface area contributed by atoms with E-state index in [2.05, 4.69) is 22.2 Å². The number of nitrogens with zero attached hydrogens (tertiary/aromatic N) is 3. The lowest BCUT2D eigenvalue weighted by Gasteiger charge is -2.08. The van der Waals surface area contributed by atoms with Crippen LogP contribution in [0.5, 0.6) is 0 Å². The molecule has 27 heavy (non-hydrogen) atoms. The fraction of sp³-hybridized carbons (Fsp3) is 0.263. The first kappa shape index (κ1) is 17.4. The summed E-state index contributed by atoms with van der Waals surface area (Å²) < 4.78 is 6.79. The van der Waals surface area contributed by atoms with Crippen LogP contribution in [0.2, 0.25) is 0 Å². The third-order valence-corrected chi connectivity index (χ3v) is 5.55. The van der Waals surface area contributed by atoms with Crippen molar-refractivity contribution < 1.29 is 9.21 Å². The Morgan fingerprint density at radius 1 is 1.30 bits per heavy atom. The topological polar surface area (TPSA) is 89.5 Å². The van der Waals surface area contributed by atoms with E-state index in [0.717, 1.165) is 27.9 Å². The molecular formula is C19H18N4O3S. The van der Waals surface area contributed by atoms with Crippen LogP contribution in [0.3, 0.4) is 0 Å². The van der Waals surface area contributed by atoms with Gasteiger partial charge in [0.1, 0.15) is 11.2 Å². The average molecular weight is 382 g/mol. The van der Waals surface area contributed by atoms with Crippen LogP contribution in [0.25, 0.3) is 16.1 Å². The molecule has 0 unspecified atom stereocenters. The summed E-state index contributed by atoms with van der Waals surface area (Å²) >= 11 is 1.34. The Morgan fingerprint density at radius 3 is 2.85 bits per heavy atom. The van der Waals surface area contributed by atoms with Crippen molar-refractivity contribution >= 4 is 33.3 Å². The molecule has 0 fully saturated rings. The number of aromatic nitrogens is 3. The van der Waals surface area contributed by atoms with Crippen molar-refractivity contribution in [1.29, 1.82) is 0 Å². The van der Waals surface area contributed by atoms with Crippen LogP contribution in [0.15, 0.2) is 33.8 Å². The largest absolute Gasteiger partial charge is 0.443 e. The number of oxazole rings is 1. The van der Waals surface area contributed by atoms with Crippen molar-refractivity contribution in [2.45, 2.75) is 26.7 Å². The molecular weight excluding hydrogens is 364 g/mol. The molecule has 0 aliphatic carbocycles. The summed E-state index contributed by atoms with van der Waals surface area (Å²) in [7, 11) is 1.55. The zero-order chi connectivity index (χ0) is 19.1. The van der Waals surface area contributed by atoms with E-state index in [0.29, 0.717) is 28.4 Å². The van der Waals surface area contributed by atoms with Gasteiger partial charge in [-0.3, -0.25) is 9.59 Å². The van der Waals surface area contributed by atoms with Gasteiger partial charge in [0.25, 0.3) is 11.5 Å². The lowest BCUT2D eigenvalue weighted by molar-refractivity contribution is 0.0956. The van der Waals surface area contributed by atoms with Crippen molar-refractivity contribution in [1.82, 2.24) is 19.7 Å². The monoisotopic (exact) mass is 382 g/mol. The number of nitrogens with one attached hydrogen (secondary N) is 1. The third-order valence-electron chi connectivity index (χ3n) is 4.59. The zero-order valence-electron chi connectivity index (χ0n) is 15.2. The molecule has 0 aliphatic rings. The maximum absolute atomic E-state index is 12.7. The number of hydrogen-bond acceptors (Lipinski definition) is 6. The van der Waals surface area contributed by atoms with Crippen LogP contribution in [0.1, 0.15) is 39.1 Å². The Labute approximate surface area is 158 Å². The van der Waals surface area contributed by atoms with Crippen molar-refractivity contribution in [3.8, 4) is 0 Å². The summed E-state index contributed by atoms with van der Waals surface area (Å²) in [6, 6.07) is 5.47. The summed E-state index contributed by atoms with van der Waals surface area (Å²) in [4.78, 5) is 34.9. The maximum atomic E-state index is 12.7. The van der Waals surface area contributed by atoms with Crippen LogP contribution in [-0.2, 0) is 12.8 Å². The van der Waals surface area contributed by atoms with Crippen molar-refractivity contribution in [2.24, 2.45) is 0 Å². The van der Waals surface area contributed by atoms with Gasteiger partial charge in [0.05, 0.1) is 5.69 Å². The zero-order valence-corrected chi connectivity index (χ0v) is 16.0. The first-order chi connectivity index (χ1) is 13.0. The van der Waals surface area contributed by atoms with Gasteiger partial charge in [-0.05, 0) is 36.6 Å². The first-order valence-corrected chi connectivity index (χ1v) is 9.42. The second-order valence-electron chi connectivity index (χ2n) is 6.26. The van der Waals surface area contributed by atoms with E-state index in [9.17, 15) is 9.59 Å². The molecule has 0 bridgehead atoms. The minimum Gasteiger partial charge on any atom is -0.443 e. The van der Waals surface area contributed by atoms with Crippen molar-refractivity contribution in [3.05, 3.63) is 62.3 Å². The van der Waals surface area contributed by atoms with Crippen LogP contribution < -0.4 is 10.9 Å². The Morgan fingerprint density at radius 2 is 2.11 bits per heavy atom. The average Bonchev–Trinajstić information content (AvgIpc) is 3.23. The summed E-state index contributed by atoms with van der Waals surface area (Å²) in [6.45, 7) is 3.89. The van der Waals surface area contributed by atoms with E-state index < -0.39 is 0 Å². The van der Waals surface area contributed by atoms with E-state index in [1.54, 1.807) is 7.05 Å². The van der Waals surface area contributed by atoms with Crippen LogP contribution in [0, 0.1) is 6.92 Å². The van der Waals surface area contributed by atoms with E-state index in [1.807, 2.05) is 19.1 Å². The predicted octanol–water partition coefficient (Wildman–Crippen LogP) is 2.72. The number of carbonyl (C=O) groups is 1. The molecule has 4 rings (SSSR count). The van der Waals surface area contributed by atoms with E-state index in [1.165, 1.54) is 28.2 Å². The molecule has 138 valence electrons. The molecule has 1 N–H and O–H groups in total. The molecule has 0 aliphatic heterocycles. The van der Waals surface area contributed by atoms with Gasteiger partial charge in [-0.25, -0.2) is 14.4 Å². The lowest BCUT2D eigenvalue weighted by atomic mass is 10.00. The normalized spacial score (nSPS) is 11.4. The minimum absolute atomic E-state index is 0.253. The Kier molecular flexibility index (Phi) is 4.27. The van der Waals surface area contributed by atoms with Gasteiger partial charge in [0, 0.05) is 24.4 Å². The van der Waals surface area contributed by atoms with E-state index in [4.69, 9.17) is 4.42 Å². The number of benzene rings is 1. The minimum atomic E-state index is -0.292. The fourth-order valence-corrected chi connectivity index (χ4v) is 4.26. The third kappa shape index (κ3) is 2.91. The van der Waals surface area contributed by atoms with Gasteiger partial charge in [0.2, 0.25) is 0 Å². The molecule has 0 saturated carbocycles. The molecule has 3 heterocycles. The number of thiazole rings is 1. The number of hydrogen-bond donors (Lipinski definition) is 1. The van der Waals surface area contributed by atoms with Gasteiger partial charge >= 0.3 is 0 Å². The van der Waals surface area contributed by atoms with Crippen LogP contribution in [-0.4, -0.2) is 27.3 Å². The molecule has 7 nitrogen and oxygen atoms in total. The van der Waals surface area contributed by atoms with Crippen molar-refractivity contribution in [3.63, 3.8) is 0 Å². The quantitative estimate of drug-likeness (QED) is 0.586. The standard InChI is InChI=1S/C19H18N4O3S/c1-4-11-6-14-15(26-9-21-14)7-12(11)5-13-8-16(24)23-17(18(25)20-3)10(2)27-19(23)22-13/h6-9H,4-5H2,1-3H3,(H,20,25). The summed E-state index contributed by atoms with van der Waals surface area (Å²) in [5.41, 5.74) is 4.50. The van der Waals surface area contributed by atoms with Gasteiger partial charge in [0.15, 0.2) is 16.9 Å². The number of amides is 1. The number of fused-ring (bicyclic) bond motifs is 2. The molecule has 0 radical (unpaired) electrons. The molecule has 1 amide bonds. The Bertz CT molecular complexity index is 1240. The van der Waals surface area contributed by atoms with Crippen molar-refractivity contribution in [2.75, 3.05) is 7.05 Å². The highest BCUT2D eigenvalue weighted by molar-refractivity contribution is 7.17. The van der Waals surface area contributed by atoms with E-state index in [-0.39, 0.29) is 11.5 Å². The maximum Gasteiger partial charge on any atom is 0.269 e. The molecule has 0 saturated heterocycles. The highest BCUT2D eigenvalue weighted by atomic mass is 32.1. The highest BCUT2D eigenvalue weighted by Gasteiger charge is 2.19. The smallest absolute Gasteiger partial charge is 0.269 e. The van der Waals surface area contributed by atoms with Gasteiger partial charge in [-0.15, -0.1) is 11.3 Å². The van der Waals surface area contributed by atoms with E-state index >= 15 is 0 Å². The summed E-state index contributed by atoms with van der Waals surface area (Å²) in [6.07, 6.45) is 2.79. The molecule has 0 atom stereocenters. The Hall–Kier alpha value is -3.00. The predicted molar refractivity (Wildman–Crippen MR) is 104 cm³/mol. The highest BCUT2D eigenvalue weighted by Crippen LogP contribution is 2.23. The van der Waals surface area contributed by atoms with Crippen LogP contribution in [0.4, 0.5) is 0 Å². The molecule has 3 aromatic heterocycles. The lowest BCUT2D eigenvalue weighted by Crippen LogP contribution is -2.25. The number of carbonyl (C=O) groups excluding carboxylic acids is 1. The SMILES string of the molecule is CCc1cc2ncoc2cc1Cc1cc(=O)n2c(C(=O)NC)c(C)sc2n1. The number of rotatable bonds is 4. The molecule has 4 aromatic rings. The van der Waals surface area contributed by atoms with Gasteiger partial charge < -0.3 is 9.73 Å². The van der Waals surface area contributed by atoms with Gasteiger partial charge in [-0.2, -0.15) is 0 Å². The Balaban J connectivity index is 1.82. The fourth-order valence-electron chi connectivity index (χ4n) is 3.27.